The number of hydroxylamine groups is 2. The molecule has 0 aromatic heterocycles. The summed E-state index contributed by atoms with van der Waals surface area (Å²) in [6.45, 7) is 3.88. The number of anilines is 1. The monoisotopic (exact) mass is 352 g/mol. The number of imide groups is 1. The summed E-state index contributed by atoms with van der Waals surface area (Å²) < 4.78 is 0. The van der Waals surface area contributed by atoms with Gasteiger partial charge in [-0.05, 0) is 36.6 Å². The largest absolute Gasteiger partial charge is 0.324 e. The molecule has 1 N–H and O–H groups in total. The molecule has 1 atom stereocenters. The van der Waals surface area contributed by atoms with Gasteiger partial charge in [0.1, 0.15) is 0 Å². The minimum absolute atomic E-state index is 0.136. The van der Waals surface area contributed by atoms with Gasteiger partial charge in [0.15, 0.2) is 6.10 Å². The lowest BCUT2D eigenvalue weighted by atomic mass is 10.1. The lowest BCUT2D eigenvalue weighted by Crippen LogP contribution is -2.41. The Hall–Kier alpha value is -2.99. The van der Waals surface area contributed by atoms with Gasteiger partial charge in [-0.25, -0.2) is 4.84 Å². The summed E-state index contributed by atoms with van der Waals surface area (Å²) in [4.78, 5) is 43.1. The molecule has 0 unspecified atom stereocenters. The van der Waals surface area contributed by atoms with Crippen molar-refractivity contribution in [2.24, 2.45) is 5.92 Å². The third kappa shape index (κ3) is 3.65. The minimum Gasteiger partial charge on any atom is -0.324 e. The molecule has 0 radical (unpaired) electrons. The Bertz CT molecular complexity index is 798. The first-order valence-electron chi connectivity index (χ1n) is 8.48. The number of carbonyl (C=O) groups is 3. The summed E-state index contributed by atoms with van der Waals surface area (Å²) >= 11 is 0. The van der Waals surface area contributed by atoms with Crippen LogP contribution in [0.3, 0.4) is 0 Å². The number of rotatable bonds is 6. The number of para-hydroxylation sites is 1. The number of nitrogens with one attached hydrogen (secondary N) is 1. The predicted octanol–water partition coefficient (Wildman–Crippen LogP) is 3.27. The number of benzene rings is 2. The van der Waals surface area contributed by atoms with Crippen LogP contribution < -0.4 is 5.32 Å². The van der Waals surface area contributed by atoms with Gasteiger partial charge in [-0.1, -0.05) is 44.2 Å². The Balaban J connectivity index is 1.78. The molecule has 6 nitrogen and oxygen atoms in total. The van der Waals surface area contributed by atoms with Crippen molar-refractivity contribution in [1.82, 2.24) is 5.06 Å². The van der Waals surface area contributed by atoms with Gasteiger partial charge >= 0.3 is 0 Å². The number of carbonyl (C=O) groups excluding carboxylic acids is 3. The zero-order valence-corrected chi connectivity index (χ0v) is 14.6. The van der Waals surface area contributed by atoms with Gasteiger partial charge in [0.2, 0.25) is 0 Å². The van der Waals surface area contributed by atoms with Crippen molar-refractivity contribution in [2.45, 2.75) is 26.4 Å². The summed E-state index contributed by atoms with van der Waals surface area (Å²) in [6, 6.07) is 15.5. The quantitative estimate of drug-likeness (QED) is 0.810. The lowest BCUT2D eigenvalue weighted by molar-refractivity contribution is -0.158. The number of fused-ring (bicyclic) bond motifs is 1. The summed E-state index contributed by atoms with van der Waals surface area (Å²) in [5.74, 6) is -1.36. The zero-order valence-electron chi connectivity index (χ0n) is 14.6. The van der Waals surface area contributed by atoms with Crippen LogP contribution in [0.5, 0.6) is 0 Å². The Morgan fingerprint density at radius 3 is 2.04 bits per heavy atom. The predicted molar refractivity (Wildman–Crippen MR) is 96.3 cm³/mol. The van der Waals surface area contributed by atoms with Crippen LogP contribution in [0.1, 0.15) is 41.0 Å². The number of nitrogens with zero attached hydrogens (tertiary/aromatic N) is 1. The number of hydrogen-bond acceptors (Lipinski definition) is 4. The van der Waals surface area contributed by atoms with Crippen molar-refractivity contribution in [3.05, 3.63) is 65.7 Å². The first-order chi connectivity index (χ1) is 12.5. The molecular weight excluding hydrogens is 332 g/mol. The molecule has 0 aliphatic carbocycles. The van der Waals surface area contributed by atoms with Crippen molar-refractivity contribution in [2.75, 3.05) is 5.32 Å². The minimum atomic E-state index is -0.961. The molecule has 0 saturated heterocycles. The normalized spacial score (nSPS) is 14.5. The Labute approximate surface area is 151 Å². The first kappa shape index (κ1) is 17.8. The fourth-order valence-corrected chi connectivity index (χ4v) is 2.76. The van der Waals surface area contributed by atoms with Gasteiger partial charge in [-0.3, -0.25) is 14.4 Å². The summed E-state index contributed by atoms with van der Waals surface area (Å²) in [5, 5.41) is 3.46. The second kappa shape index (κ2) is 7.49. The highest BCUT2D eigenvalue weighted by Gasteiger charge is 2.39. The molecule has 2 aromatic rings. The Morgan fingerprint density at radius 2 is 1.50 bits per heavy atom. The maximum Gasteiger partial charge on any atom is 0.285 e. The smallest absolute Gasteiger partial charge is 0.285 e. The van der Waals surface area contributed by atoms with E-state index in [0.717, 1.165) is 0 Å². The highest BCUT2D eigenvalue weighted by atomic mass is 16.7. The first-order valence-corrected chi connectivity index (χ1v) is 8.48. The fourth-order valence-electron chi connectivity index (χ4n) is 2.76. The zero-order chi connectivity index (χ0) is 18.7. The van der Waals surface area contributed by atoms with E-state index >= 15 is 0 Å². The molecule has 1 aliphatic heterocycles. The van der Waals surface area contributed by atoms with Crippen molar-refractivity contribution >= 4 is 23.4 Å². The van der Waals surface area contributed by atoms with E-state index in [4.69, 9.17) is 4.84 Å². The third-order valence-electron chi connectivity index (χ3n) is 4.01. The van der Waals surface area contributed by atoms with Crippen LogP contribution >= 0.6 is 0 Å². The topological polar surface area (TPSA) is 75.7 Å². The van der Waals surface area contributed by atoms with Crippen molar-refractivity contribution in [3.8, 4) is 0 Å². The average Bonchev–Trinajstić information content (AvgIpc) is 2.87. The molecule has 6 heteroatoms. The standard InChI is InChI=1S/C20H20N2O4/c1-13(2)12-17(18(23)21-14-8-4-3-5-9-14)26-22-19(24)15-10-6-7-11-16(15)20(22)25/h3-11,13,17H,12H2,1-2H3,(H,21,23)/t17-/m1/s1. The summed E-state index contributed by atoms with van der Waals surface area (Å²) in [5.41, 5.74) is 1.19. The van der Waals surface area contributed by atoms with Gasteiger partial charge < -0.3 is 5.32 Å². The Morgan fingerprint density at radius 1 is 0.962 bits per heavy atom. The van der Waals surface area contributed by atoms with Crippen molar-refractivity contribution in [3.63, 3.8) is 0 Å². The van der Waals surface area contributed by atoms with E-state index in [2.05, 4.69) is 5.32 Å². The van der Waals surface area contributed by atoms with E-state index in [-0.39, 0.29) is 17.0 Å². The molecule has 1 heterocycles. The molecule has 3 amide bonds. The van der Waals surface area contributed by atoms with Crippen molar-refractivity contribution < 1.29 is 19.2 Å². The highest BCUT2D eigenvalue weighted by Crippen LogP contribution is 2.25. The van der Waals surface area contributed by atoms with Crippen molar-refractivity contribution in [1.29, 1.82) is 0 Å². The van der Waals surface area contributed by atoms with Crippen LogP contribution in [0, 0.1) is 5.92 Å². The molecule has 0 bridgehead atoms. The van der Waals surface area contributed by atoms with E-state index in [0.29, 0.717) is 17.2 Å². The average molecular weight is 352 g/mol. The van der Waals surface area contributed by atoms with Crippen LogP contribution in [-0.2, 0) is 9.63 Å². The molecule has 1 aliphatic rings. The molecular formula is C20H20N2O4. The second-order valence-electron chi connectivity index (χ2n) is 6.53. The van der Waals surface area contributed by atoms with Gasteiger partial charge in [-0.15, -0.1) is 5.06 Å². The van der Waals surface area contributed by atoms with Crippen LogP contribution in [0.25, 0.3) is 0 Å². The molecule has 0 spiro atoms. The third-order valence-corrected chi connectivity index (χ3v) is 4.01. The van der Waals surface area contributed by atoms with Crippen LogP contribution in [-0.4, -0.2) is 28.9 Å². The van der Waals surface area contributed by atoms with Gasteiger partial charge in [0.25, 0.3) is 17.7 Å². The van der Waals surface area contributed by atoms with E-state index in [1.807, 2.05) is 19.9 Å². The van der Waals surface area contributed by atoms with Crippen LogP contribution in [0.15, 0.2) is 54.6 Å². The second-order valence-corrected chi connectivity index (χ2v) is 6.53. The maximum atomic E-state index is 12.6. The van der Waals surface area contributed by atoms with Gasteiger partial charge in [0.05, 0.1) is 11.1 Å². The van der Waals surface area contributed by atoms with Gasteiger partial charge in [0, 0.05) is 5.69 Å². The van der Waals surface area contributed by atoms with E-state index < -0.39 is 23.8 Å². The molecule has 2 aromatic carbocycles. The van der Waals surface area contributed by atoms with Crippen LogP contribution in [0.2, 0.25) is 0 Å². The molecule has 3 rings (SSSR count). The lowest BCUT2D eigenvalue weighted by Gasteiger charge is -2.23. The number of hydrogen-bond donors (Lipinski definition) is 1. The number of amides is 3. The molecule has 0 fully saturated rings. The Kier molecular flexibility index (Phi) is 5.14. The fraction of sp³-hybridized carbons (Fsp3) is 0.250. The van der Waals surface area contributed by atoms with Gasteiger partial charge in [-0.2, -0.15) is 0 Å². The van der Waals surface area contributed by atoms with E-state index in [9.17, 15) is 14.4 Å². The molecule has 0 saturated carbocycles. The summed E-state index contributed by atoms with van der Waals surface area (Å²) in [7, 11) is 0. The summed E-state index contributed by atoms with van der Waals surface area (Å²) in [6.07, 6.45) is -0.594. The molecule has 134 valence electrons. The van der Waals surface area contributed by atoms with E-state index in [1.54, 1.807) is 48.5 Å². The van der Waals surface area contributed by atoms with E-state index in [1.165, 1.54) is 0 Å². The maximum absolute atomic E-state index is 12.6. The SMILES string of the molecule is CC(C)C[C@@H](ON1C(=O)c2ccccc2C1=O)C(=O)Nc1ccccc1. The highest BCUT2D eigenvalue weighted by molar-refractivity contribution is 6.20. The van der Waals surface area contributed by atoms with Crippen LogP contribution in [0.4, 0.5) is 5.69 Å². The molecule has 26 heavy (non-hydrogen) atoms.